The van der Waals surface area contributed by atoms with Gasteiger partial charge in [-0.1, -0.05) is 23.2 Å². The van der Waals surface area contributed by atoms with Crippen molar-refractivity contribution in [3.05, 3.63) is 28.2 Å². The number of ether oxygens (including phenoxy) is 1. The highest BCUT2D eigenvalue weighted by Gasteiger charge is 2.04. The Labute approximate surface area is 97.0 Å². The minimum Gasteiger partial charge on any atom is -0.480 e. The van der Waals surface area contributed by atoms with Crippen LogP contribution in [0.2, 0.25) is 10.0 Å². The second-order valence-electron chi connectivity index (χ2n) is 2.26. The highest BCUT2D eigenvalue weighted by atomic mass is 35.5. The number of carboxylic acid groups (broad SMARTS) is 1. The first-order valence-electron chi connectivity index (χ1n) is 3.39. The maximum atomic E-state index is 10.2. The van der Waals surface area contributed by atoms with Crippen LogP contribution < -0.4 is 4.74 Å². The summed E-state index contributed by atoms with van der Waals surface area (Å²) in [5.74, 6) is -0.737. The van der Waals surface area contributed by atoms with Crippen LogP contribution in [0.3, 0.4) is 0 Å². The van der Waals surface area contributed by atoms with Crippen molar-refractivity contribution in [2.45, 2.75) is 0 Å². The van der Waals surface area contributed by atoms with Crippen molar-refractivity contribution in [1.82, 2.24) is 0 Å². The number of hydrogen-bond donors (Lipinski definition) is 1. The van der Waals surface area contributed by atoms with Gasteiger partial charge in [-0.2, -0.15) is 0 Å². The predicted octanol–water partition coefficient (Wildman–Crippen LogP) is 2.88. The van der Waals surface area contributed by atoms with Crippen LogP contribution in [0.1, 0.15) is 0 Å². The van der Waals surface area contributed by atoms with Crippen LogP contribution in [0.4, 0.5) is 0 Å². The van der Waals surface area contributed by atoms with Gasteiger partial charge in [-0.15, -0.1) is 12.4 Å². The summed E-state index contributed by atoms with van der Waals surface area (Å²) in [5.41, 5.74) is 0. The Hall–Kier alpha value is -0.640. The van der Waals surface area contributed by atoms with E-state index >= 15 is 0 Å². The molecule has 0 radical (unpaired) electrons. The molecule has 1 aromatic carbocycles. The van der Waals surface area contributed by atoms with Crippen LogP contribution in [0.15, 0.2) is 18.2 Å². The summed E-state index contributed by atoms with van der Waals surface area (Å²) in [6, 6.07) is 4.58. The lowest BCUT2D eigenvalue weighted by Gasteiger charge is -2.04. The highest BCUT2D eigenvalue weighted by molar-refractivity contribution is 6.35. The van der Waals surface area contributed by atoms with Crippen LogP contribution in [0.25, 0.3) is 0 Å². The van der Waals surface area contributed by atoms with E-state index in [9.17, 15) is 4.79 Å². The van der Waals surface area contributed by atoms with Gasteiger partial charge in [0.15, 0.2) is 6.61 Å². The van der Waals surface area contributed by atoms with Gasteiger partial charge in [0, 0.05) is 5.02 Å². The second-order valence-corrected chi connectivity index (χ2v) is 3.10. The largest absolute Gasteiger partial charge is 0.480 e. The molecule has 0 aromatic heterocycles. The van der Waals surface area contributed by atoms with Crippen molar-refractivity contribution in [3.63, 3.8) is 0 Å². The number of rotatable bonds is 3. The first-order chi connectivity index (χ1) is 6.09. The molecule has 0 unspecified atom stereocenters. The summed E-state index contributed by atoms with van der Waals surface area (Å²) in [6.07, 6.45) is 0. The van der Waals surface area contributed by atoms with E-state index < -0.39 is 12.6 Å². The average Bonchev–Trinajstić information content (AvgIpc) is 2.02. The average molecular weight is 258 g/mol. The standard InChI is InChI=1S/C8H6Cl2O3.ClH/c9-5-1-2-7(6(10)3-5)13-4-8(11)12;/h1-3H,4H2,(H,11,12);1H. The number of benzene rings is 1. The van der Waals surface area contributed by atoms with Gasteiger partial charge in [-0.3, -0.25) is 0 Å². The smallest absolute Gasteiger partial charge is 0.341 e. The van der Waals surface area contributed by atoms with E-state index in [2.05, 4.69) is 0 Å². The number of carbonyl (C=O) groups is 1. The molecule has 0 fully saturated rings. The third-order valence-electron chi connectivity index (χ3n) is 1.25. The monoisotopic (exact) mass is 256 g/mol. The lowest BCUT2D eigenvalue weighted by molar-refractivity contribution is -0.139. The third-order valence-corrected chi connectivity index (χ3v) is 1.78. The van der Waals surface area contributed by atoms with Gasteiger partial charge >= 0.3 is 5.97 Å². The zero-order chi connectivity index (χ0) is 9.84. The van der Waals surface area contributed by atoms with E-state index in [0.29, 0.717) is 15.8 Å². The van der Waals surface area contributed by atoms with E-state index in [-0.39, 0.29) is 12.4 Å². The van der Waals surface area contributed by atoms with Crippen molar-refractivity contribution in [2.75, 3.05) is 6.61 Å². The van der Waals surface area contributed by atoms with Gasteiger partial charge in [-0.25, -0.2) is 4.79 Å². The molecule has 14 heavy (non-hydrogen) atoms. The Kier molecular flexibility index (Phi) is 5.69. The lowest BCUT2D eigenvalue weighted by Crippen LogP contribution is -2.09. The molecule has 1 aromatic rings. The maximum absolute atomic E-state index is 10.2. The first kappa shape index (κ1) is 13.4. The van der Waals surface area contributed by atoms with Crippen molar-refractivity contribution in [2.24, 2.45) is 0 Å². The Morgan fingerprint density at radius 1 is 1.43 bits per heavy atom. The van der Waals surface area contributed by atoms with Crippen LogP contribution in [0.5, 0.6) is 5.75 Å². The zero-order valence-electron chi connectivity index (χ0n) is 6.87. The molecule has 0 atom stereocenters. The summed E-state index contributed by atoms with van der Waals surface area (Å²) >= 11 is 11.3. The number of halogens is 3. The van der Waals surface area contributed by atoms with Gasteiger partial charge in [0.1, 0.15) is 5.75 Å². The lowest BCUT2D eigenvalue weighted by atomic mass is 10.3. The summed E-state index contributed by atoms with van der Waals surface area (Å²) < 4.78 is 4.86. The molecule has 0 aliphatic carbocycles. The third kappa shape index (κ3) is 4.05. The van der Waals surface area contributed by atoms with Crippen LogP contribution in [0, 0.1) is 0 Å². The van der Waals surface area contributed by atoms with E-state index in [1.54, 1.807) is 6.07 Å². The zero-order valence-corrected chi connectivity index (χ0v) is 9.20. The number of carboxylic acids is 1. The summed E-state index contributed by atoms with van der Waals surface area (Å²) in [4.78, 5) is 10.2. The molecule has 0 saturated carbocycles. The molecule has 78 valence electrons. The first-order valence-corrected chi connectivity index (χ1v) is 4.15. The fourth-order valence-electron chi connectivity index (χ4n) is 0.732. The van der Waals surface area contributed by atoms with Gasteiger partial charge in [-0.05, 0) is 18.2 Å². The molecule has 0 aliphatic heterocycles. The van der Waals surface area contributed by atoms with Crippen LogP contribution >= 0.6 is 35.6 Å². The fraction of sp³-hybridized carbons (Fsp3) is 0.125. The molecular formula is C8H7Cl3O3. The fourth-order valence-corrected chi connectivity index (χ4v) is 1.19. The van der Waals surface area contributed by atoms with Crippen LogP contribution in [-0.2, 0) is 4.79 Å². The second kappa shape index (κ2) is 5.96. The van der Waals surface area contributed by atoms with Gasteiger partial charge in [0.2, 0.25) is 0 Å². The summed E-state index contributed by atoms with van der Waals surface area (Å²) in [6.45, 7) is -0.415. The summed E-state index contributed by atoms with van der Waals surface area (Å²) in [7, 11) is 0. The minimum atomic E-state index is -1.05. The molecule has 0 spiro atoms. The minimum absolute atomic E-state index is 0. The Bertz CT molecular complexity index is 328. The van der Waals surface area contributed by atoms with Crippen molar-refractivity contribution in [1.29, 1.82) is 0 Å². The highest BCUT2D eigenvalue weighted by Crippen LogP contribution is 2.27. The van der Waals surface area contributed by atoms with Gasteiger partial charge in [0.05, 0.1) is 5.02 Å². The Balaban J connectivity index is 0.00000169. The molecule has 1 N–H and O–H groups in total. The normalized spacial score (nSPS) is 9.00. The SMILES string of the molecule is Cl.O=C(O)COc1ccc(Cl)cc1Cl. The van der Waals surface area contributed by atoms with E-state index in [0.717, 1.165) is 0 Å². The topological polar surface area (TPSA) is 46.5 Å². The molecule has 0 heterocycles. The maximum Gasteiger partial charge on any atom is 0.341 e. The Morgan fingerprint density at radius 2 is 2.07 bits per heavy atom. The number of hydrogen-bond acceptors (Lipinski definition) is 2. The molecule has 3 nitrogen and oxygen atoms in total. The predicted molar refractivity (Wildman–Crippen MR) is 56.8 cm³/mol. The molecule has 0 bridgehead atoms. The summed E-state index contributed by atoms with van der Waals surface area (Å²) in [5, 5.41) is 9.11. The van der Waals surface area contributed by atoms with Gasteiger partial charge < -0.3 is 9.84 Å². The van der Waals surface area contributed by atoms with Crippen molar-refractivity contribution >= 4 is 41.6 Å². The van der Waals surface area contributed by atoms with Gasteiger partial charge in [0.25, 0.3) is 0 Å². The molecule has 1 rings (SSSR count). The molecular weight excluding hydrogens is 250 g/mol. The van der Waals surface area contributed by atoms with E-state index in [4.69, 9.17) is 33.0 Å². The van der Waals surface area contributed by atoms with E-state index in [1.807, 2.05) is 0 Å². The quantitative estimate of drug-likeness (QED) is 0.906. The van der Waals surface area contributed by atoms with E-state index in [1.165, 1.54) is 12.1 Å². The molecule has 0 amide bonds. The van der Waals surface area contributed by atoms with Crippen LogP contribution in [-0.4, -0.2) is 17.7 Å². The Morgan fingerprint density at radius 3 is 2.57 bits per heavy atom. The molecule has 6 heteroatoms. The number of aliphatic carboxylic acids is 1. The molecule has 0 aliphatic rings. The van der Waals surface area contributed by atoms with Crippen molar-refractivity contribution in [3.8, 4) is 5.75 Å². The molecule has 0 saturated heterocycles. The van der Waals surface area contributed by atoms with Crippen molar-refractivity contribution < 1.29 is 14.6 Å².